The molecule has 2 amide bonds. The SMILES string of the molecule is COc1ccc(C(=O)N(C)[C@H]2CN(C(=O)C3CCN(CC4CC4)CC3)C[C@@H]2c2ccc(Cl)c(Cl)c2)cc1C(F)(F)F. The number of halogens is 5. The Hall–Kier alpha value is -2.49. The number of benzene rings is 2. The Labute approximate surface area is 248 Å². The fraction of sp³-hybridized carbons (Fsp3) is 0.533. The molecule has 11 heteroatoms. The predicted molar refractivity (Wildman–Crippen MR) is 152 cm³/mol. The minimum Gasteiger partial charge on any atom is -0.496 e. The molecule has 2 saturated heterocycles. The van der Waals surface area contributed by atoms with Gasteiger partial charge in [0.05, 0.1) is 28.8 Å². The van der Waals surface area contributed by atoms with Gasteiger partial charge < -0.3 is 19.4 Å². The van der Waals surface area contributed by atoms with Crippen molar-refractivity contribution in [2.24, 2.45) is 11.8 Å². The first-order chi connectivity index (χ1) is 19.5. The first-order valence-corrected chi connectivity index (χ1v) is 14.7. The fourth-order valence-electron chi connectivity index (χ4n) is 6.13. The first kappa shape index (κ1) is 30.0. The summed E-state index contributed by atoms with van der Waals surface area (Å²) in [5.41, 5.74) is -0.317. The van der Waals surface area contributed by atoms with E-state index in [1.54, 1.807) is 24.1 Å². The van der Waals surface area contributed by atoms with E-state index in [1.807, 2.05) is 6.07 Å². The summed E-state index contributed by atoms with van der Waals surface area (Å²) in [4.78, 5) is 33.0. The van der Waals surface area contributed by atoms with Crippen molar-refractivity contribution in [2.75, 3.05) is 46.9 Å². The number of hydrogen-bond acceptors (Lipinski definition) is 4. The average Bonchev–Trinajstić information content (AvgIpc) is 3.66. The minimum absolute atomic E-state index is 0.0632. The van der Waals surface area contributed by atoms with Crippen molar-refractivity contribution >= 4 is 35.0 Å². The molecule has 2 aromatic rings. The van der Waals surface area contributed by atoms with Crippen molar-refractivity contribution in [2.45, 2.75) is 43.8 Å². The monoisotopic (exact) mass is 611 g/mol. The molecular formula is C30H34Cl2F3N3O3. The first-order valence-electron chi connectivity index (χ1n) is 13.9. The summed E-state index contributed by atoms with van der Waals surface area (Å²) < 4.78 is 45.9. The zero-order valence-corrected chi connectivity index (χ0v) is 24.6. The van der Waals surface area contributed by atoms with Crippen LogP contribution >= 0.6 is 23.2 Å². The number of alkyl halides is 3. The lowest BCUT2D eigenvalue weighted by atomic mass is 9.93. The van der Waals surface area contributed by atoms with Crippen molar-refractivity contribution in [1.29, 1.82) is 0 Å². The number of hydrogen-bond donors (Lipinski definition) is 0. The van der Waals surface area contributed by atoms with Crippen LogP contribution in [0.25, 0.3) is 0 Å². The second-order valence-corrected chi connectivity index (χ2v) is 12.3. The normalized spacial score (nSPS) is 22.2. The van der Waals surface area contributed by atoms with E-state index in [9.17, 15) is 22.8 Å². The number of likely N-dealkylation sites (tertiary alicyclic amines) is 2. The Balaban J connectivity index is 1.37. The molecule has 222 valence electrons. The molecule has 2 aromatic carbocycles. The topological polar surface area (TPSA) is 53.1 Å². The van der Waals surface area contributed by atoms with Crippen LogP contribution in [-0.4, -0.2) is 79.4 Å². The Bertz CT molecular complexity index is 1300. The van der Waals surface area contributed by atoms with Gasteiger partial charge in [0, 0.05) is 44.1 Å². The van der Waals surface area contributed by atoms with E-state index in [0.717, 1.165) is 63.2 Å². The van der Waals surface area contributed by atoms with Crippen LogP contribution in [-0.2, 0) is 11.0 Å². The molecule has 3 aliphatic rings. The summed E-state index contributed by atoms with van der Waals surface area (Å²) in [5.74, 6) is -0.441. The molecule has 1 saturated carbocycles. The average molecular weight is 613 g/mol. The molecule has 2 atom stereocenters. The highest BCUT2D eigenvalue weighted by molar-refractivity contribution is 6.42. The van der Waals surface area contributed by atoms with Gasteiger partial charge in [0.25, 0.3) is 5.91 Å². The number of carbonyl (C=O) groups excluding carboxylic acids is 2. The zero-order valence-electron chi connectivity index (χ0n) is 23.1. The predicted octanol–water partition coefficient (Wildman–Crippen LogP) is 6.21. The van der Waals surface area contributed by atoms with Crippen LogP contribution in [0.4, 0.5) is 13.2 Å². The van der Waals surface area contributed by atoms with Gasteiger partial charge in [-0.2, -0.15) is 13.2 Å². The van der Waals surface area contributed by atoms with Crippen LogP contribution < -0.4 is 4.74 Å². The highest BCUT2D eigenvalue weighted by Crippen LogP contribution is 2.39. The molecule has 5 rings (SSSR count). The smallest absolute Gasteiger partial charge is 0.419 e. The van der Waals surface area contributed by atoms with E-state index >= 15 is 0 Å². The van der Waals surface area contributed by atoms with Crippen molar-refractivity contribution in [1.82, 2.24) is 14.7 Å². The third kappa shape index (κ3) is 6.62. The fourth-order valence-corrected chi connectivity index (χ4v) is 6.44. The molecule has 0 bridgehead atoms. The van der Waals surface area contributed by atoms with Crippen LogP contribution in [0.1, 0.15) is 53.1 Å². The Morgan fingerprint density at radius 2 is 1.71 bits per heavy atom. The number of rotatable bonds is 7. The molecule has 3 fully saturated rings. The lowest BCUT2D eigenvalue weighted by Gasteiger charge is -2.33. The quantitative estimate of drug-likeness (QED) is 0.373. The van der Waals surface area contributed by atoms with Gasteiger partial charge in [-0.25, -0.2) is 0 Å². The maximum atomic E-state index is 13.7. The van der Waals surface area contributed by atoms with Crippen LogP contribution in [0, 0.1) is 11.8 Å². The van der Waals surface area contributed by atoms with Gasteiger partial charge in [0.1, 0.15) is 5.75 Å². The van der Waals surface area contributed by atoms with Gasteiger partial charge in [-0.3, -0.25) is 9.59 Å². The lowest BCUT2D eigenvalue weighted by molar-refractivity contribution is -0.139. The van der Waals surface area contributed by atoms with E-state index in [4.69, 9.17) is 27.9 Å². The summed E-state index contributed by atoms with van der Waals surface area (Å²) in [5, 5.41) is 0.743. The molecule has 0 spiro atoms. The van der Waals surface area contributed by atoms with Gasteiger partial charge in [0.15, 0.2) is 0 Å². The highest BCUT2D eigenvalue weighted by Gasteiger charge is 2.43. The number of nitrogens with zero attached hydrogens (tertiary/aromatic N) is 3. The minimum atomic E-state index is -4.69. The largest absolute Gasteiger partial charge is 0.496 e. The maximum absolute atomic E-state index is 13.7. The molecule has 6 nitrogen and oxygen atoms in total. The Kier molecular flexibility index (Phi) is 8.79. The molecule has 2 heterocycles. The van der Waals surface area contributed by atoms with Gasteiger partial charge >= 0.3 is 6.18 Å². The van der Waals surface area contributed by atoms with E-state index < -0.39 is 23.7 Å². The third-order valence-electron chi connectivity index (χ3n) is 8.69. The Morgan fingerprint density at radius 3 is 2.32 bits per heavy atom. The van der Waals surface area contributed by atoms with Gasteiger partial charge in [0.2, 0.25) is 5.91 Å². The van der Waals surface area contributed by atoms with Crippen molar-refractivity contribution in [3.8, 4) is 5.75 Å². The third-order valence-corrected chi connectivity index (χ3v) is 9.43. The van der Waals surface area contributed by atoms with Gasteiger partial charge in [-0.1, -0.05) is 29.3 Å². The number of ether oxygens (including phenoxy) is 1. The van der Waals surface area contributed by atoms with Crippen molar-refractivity contribution < 1.29 is 27.5 Å². The molecule has 1 aliphatic carbocycles. The summed E-state index contributed by atoms with van der Waals surface area (Å²) in [6, 6.07) is 8.06. The van der Waals surface area contributed by atoms with E-state index in [2.05, 4.69) is 4.90 Å². The molecule has 2 aliphatic heterocycles. The molecular weight excluding hydrogens is 578 g/mol. The maximum Gasteiger partial charge on any atom is 0.419 e. The number of likely N-dealkylation sites (N-methyl/N-ethyl adjacent to an activating group) is 1. The summed E-state index contributed by atoms with van der Waals surface area (Å²) >= 11 is 12.5. The number of amides is 2. The number of carbonyl (C=O) groups is 2. The number of piperidine rings is 1. The summed E-state index contributed by atoms with van der Waals surface area (Å²) in [7, 11) is 2.72. The van der Waals surface area contributed by atoms with Crippen molar-refractivity contribution in [3.05, 3.63) is 63.1 Å². The molecule has 0 unspecified atom stereocenters. The van der Waals surface area contributed by atoms with Crippen LogP contribution in [0.15, 0.2) is 36.4 Å². The molecule has 0 radical (unpaired) electrons. The van der Waals surface area contributed by atoms with Crippen LogP contribution in [0.2, 0.25) is 10.0 Å². The lowest BCUT2D eigenvalue weighted by Crippen LogP contribution is -2.44. The van der Waals surface area contributed by atoms with Crippen LogP contribution in [0.3, 0.4) is 0 Å². The highest BCUT2D eigenvalue weighted by atomic mass is 35.5. The van der Waals surface area contributed by atoms with E-state index in [1.165, 1.54) is 23.8 Å². The molecule has 41 heavy (non-hydrogen) atoms. The summed E-state index contributed by atoms with van der Waals surface area (Å²) in [6.45, 7) is 3.56. The van der Waals surface area contributed by atoms with E-state index in [0.29, 0.717) is 16.6 Å². The van der Waals surface area contributed by atoms with Gasteiger partial charge in [-0.05, 0) is 80.6 Å². The van der Waals surface area contributed by atoms with Gasteiger partial charge in [-0.15, -0.1) is 0 Å². The number of methoxy groups -OCH3 is 1. The van der Waals surface area contributed by atoms with Crippen molar-refractivity contribution in [3.63, 3.8) is 0 Å². The Morgan fingerprint density at radius 1 is 1.00 bits per heavy atom. The van der Waals surface area contributed by atoms with E-state index in [-0.39, 0.29) is 35.6 Å². The van der Waals surface area contributed by atoms with Crippen LogP contribution in [0.5, 0.6) is 5.75 Å². The second kappa shape index (κ2) is 12.0. The molecule has 0 aromatic heterocycles. The molecule has 0 N–H and O–H groups in total. The summed E-state index contributed by atoms with van der Waals surface area (Å²) in [6.07, 6.45) is -0.502. The zero-order chi connectivity index (χ0) is 29.5. The standard InChI is InChI=1S/C30H34Cl2F3N3O3/c1-36(28(39)21-6-8-27(41-2)23(13-21)30(33,34)35)26-17-38(16-22(26)20-5-7-24(31)25(32)14-20)29(40)19-9-11-37(12-10-19)15-18-3-4-18/h5-8,13-14,18-19,22,26H,3-4,9-12,15-17H2,1-2H3/t22-,26+/m1/s1. The second-order valence-electron chi connectivity index (χ2n) is 11.4.